The van der Waals surface area contributed by atoms with Crippen molar-refractivity contribution < 1.29 is 4.79 Å². The Morgan fingerprint density at radius 1 is 1.42 bits per heavy atom. The van der Waals surface area contributed by atoms with E-state index < -0.39 is 0 Å². The van der Waals surface area contributed by atoms with E-state index in [1.165, 1.54) is 12.8 Å². The van der Waals surface area contributed by atoms with Crippen molar-refractivity contribution in [1.82, 2.24) is 10.6 Å². The number of allylic oxidation sites excluding steroid dienone is 1. The van der Waals surface area contributed by atoms with Gasteiger partial charge in [-0.05, 0) is 49.4 Å². The van der Waals surface area contributed by atoms with Crippen molar-refractivity contribution in [2.45, 2.75) is 52.0 Å². The first kappa shape index (κ1) is 13.2. The van der Waals surface area contributed by atoms with Crippen molar-refractivity contribution in [2.24, 2.45) is 17.3 Å². The van der Waals surface area contributed by atoms with Crippen LogP contribution in [0.4, 0.5) is 0 Å². The van der Waals surface area contributed by atoms with Gasteiger partial charge in [0.1, 0.15) is 0 Å². The molecular weight excluding hydrogens is 236 g/mol. The first-order chi connectivity index (χ1) is 9.09. The van der Waals surface area contributed by atoms with Crippen LogP contribution in [0.1, 0.15) is 46.0 Å². The lowest BCUT2D eigenvalue weighted by Crippen LogP contribution is -2.51. The van der Waals surface area contributed by atoms with Gasteiger partial charge < -0.3 is 10.6 Å². The van der Waals surface area contributed by atoms with Gasteiger partial charge in [-0.25, -0.2) is 0 Å². The molecule has 3 heteroatoms. The summed E-state index contributed by atoms with van der Waals surface area (Å²) in [4.78, 5) is 11.9. The molecule has 3 atom stereocenters. The topological polar surface area (TPSA) is 41.1 Å². The van der Waals surface area contributed by atoms with E-state index in [1.54, 1.807) is 5.57 Å². The van der Waals surface area contributed by atoms with Gasteiger partial charge in [-0.15, -0.1) is 0 Å². The van der Waals surface area contributed by atoms with Gasteiger partial charge in [0, 0.05) is 13.1 Å². The van der Waals surface area contributed by atoms with E-state index in [4.69, 9.17) is 0 Å². The molecule has 0 aromatic rings. The number of fused-ring (bicyclic) bond motifs is 1. The first-order valence-electron chi connectivity index (χ1n) is 7.79. The van der Waals surface area contributed by atoms with E-state index in [1.807, 2.05) is 0 Å². The predicted octanol–water partition coefficient (Wildman–Crippen LogP) is 2.24. The summed E-state index contributed by atoms with van der Waals surface area (Å²) in [6.45, 7) is 6.55. The highest BCUT2D eigenvalue weighted by molar-refractivity contribution is 5.81. The molecule has 2 N–H and O–H groups in total. The largest absolute Gasteiger partial charge is 0.355 e. The summed E-state index contributed by atoms with van der Waals surface area (Å²) in [5.41, 5.74) is 2.03. The van der Waals surface area contributed by atoms with E-state index in [9.17, 15) is 4.79 Å². The van der Waals surface area contributed by atoms with Gasteiger partial charge in [0.2, 0.25) is 5.91 Å². The number of amides is 1. The van der Waals surface area contributed by atoms with Crippen molar-refractivity contribution >= 4 is 5.91 Å². The molecule has 2 fully saturated rings. The zero-order chi connectivity index (χ0) is 13.5. The Hall–Kier alpha value is -0.830. The molecule has 3 nitrogen and oxygen atoms in total. The molecule has 1 heterocycles. The molecule has 2 bridgehead atoms. The van der Waals surface area contributed by atoms with Crippen LogP contribution in [0.25, 0.3) is 0 Å². The Kier molecular flexibility index (Phi) is 3.42. The highest BCUT2D eigenvalue weighted by atomic mass is 16.2. The normalized spacial score (nSPS) is 36.8. The van der Waals surface area contributed by atoms with Crippen molar-refractivity contribution in [3.63, 3.8) is 0 Å². The minimum Gasteiger partial charge on any atom is -0.355 e. The maximum Gasteiger partial charge on any atom is 0.237 e. The van der Waals surface area contributed by atoms with Crippen LogP contribution in [0, 0.1) is 17.3 Å². The van der Waals surface area contributed by atoms with E-state index in [-0.39, 0.29) is 11.9 Å². The second-order valence-corrected chi connectivity index (χ2v) is 7.04. The first-order valence-corrected chi connectivity index (χ1v) is 7.79. The summed E-state index contributed by atoms with van der Waals surface area (Å²) in [7, 11) is 0. The van der Waals surface area contributed by atoms with Crippen LogP contribution in [0.3, 0.4) is 0 Å². The highest BCUT2D eigenvalue weighted by Crippen LogP contribution is 2.58. The number of hydrogen-bond donors (Lipinski definition) is 2. The molecule has 106 valence electrons. The summed E-state index contributed by atoms with van der Waals surface area (Å²) in [5.74, 6) is 1.83. The molecule has 0 aromatic heterocycles. The Morgan fingerprint density at radius 3 is 3.00 bits per heavy atom. The third-order valence-electron chi connectivity index (χ3n) is 5.67. The van der Waals surface area contributed by atoms with Crippen LogP contribution >= 0.6 is 0 Å². The second kappa shape index (κ2) is 4.93. The average Bonchev–Trinajstić information content (AvgIpc) is 2.61. The fourth-order valence-corrected chi connectivity index (χ4v) is 4.05. The van der Waals surface area contributed by atoms with Crippen molar-refractivity contribution in [3.05, 3.63) is 11.6 Å². The fourth-order valence-electron chi connectivity index (χ4n) is 4.05. The summed E-state index contributed by atoms with van der Waals surface area (Å²) in [6.07, 6.45) is 8.26. The zero-order valence-electron chi connectivity index (χ0n) is 12.2. The Morgan fingerprint density at radius 2 is 2.26 bits per heavy atom. The van der Waals surface area contributed by atoms with Crippen LogP contribution in [-0.4, -0.2) is 25.0 Å². The fraction of sp³-hybridized carbons (Fsp3) is 0.812. The van der Waals surface area contributed by atoms with E-state index in [0.29, 0.717) is 5.41 Å². The molecule has 4 rings (SSSR count). The maximum absolute atomic E-state index is 11.9. The second-order valence-electron chi connectivity index (χ2n) is 7.04. The SMILES string of the molecule is CC1(C)[C@H]2CC=C(CN[C@@H]3CCCCNC3=O)[C@@H]1C2. The molecule has 1 amide bonds. The summed E-state index contributed by atoms with van der Waals surface area (Å²) >= 11 is 0. The minimum absolute atomic E-state index is 0.0179. The highest BCUT2D eigenvalue weighted by Gasteiger charge is 2.50. The van der Waals surface area contributed by atoms with Gasteiger partial charge in [0.25, 0.3) is 0 Å². The molecule has 19 heavy (non-hydrogen) atoms. The zero-order valence-corrected chi connectivity index (χ0v) is 12.2. The van der Waals surface area contributed by atoms with Gasteiger partial charge in [-0.1, -0.05) is 25.5 Å². The molecule has 3 aliphatic carbocycles. The molecule has 4 aliphatic rings. The molecule has 1 aliphatic heterocycles. The molecule has 0 unspecified atom stereocenters. The third kappa shape index (κ3) is 2.33. The Labute approximate surface area is 116 Å². The van der Waals surface area contributed by atoms with Crippen LogP contribution in [-0.2, 0) is 4.79 Å². The monoisotopic (exact) mass is 262 g/mol. The summed E-state index contributed by atoms with van der Waals surface area (Å²) in [6, 6.07) is 0.0179. The Balaban J connectivity index is 1.57. The summed E-state index contributed by atoms with van der Waals surface area (Å²) in [5, 5.41) is 6.49. The quantitative estimate of drug-likeness (QED) is 0.766. The van der Waals surface area contributed by atoms with Gasteiger partial charge in [-0.3, -0.25) is 4.79 Å². The number of rotatable bonds is 3. The average molecular weight is 262 g/mol. The lowest BCUT2D eigenvalue weighted by molar-refractivity contribution is -0.122. The number of carbonyl (C=O) groups excluding carboxylic acids is 1. The van der Waals surface area contributed by atoms with Gasteiger partial charge >= 0.3 is 0 Å². The lowest BCUT2D eigenvalue weighted by atomic mass is 9.49. The van der Waals surface area contributed by atoms with E-state index >= 15 is 0 Å². The van der Waals surface area contributed by atoms with Crippen LogP contribution in [0.5, 0.6) is 0 Å². The molecule has 0 radical (unpaired) electrons. The Bertz CT molecular complexity index is 400. The molecule has 0 spiro atoms. The predicted molar refractivity (Wildman–Crippen MR) is 76.7 cm³/mol. The van der Waals surface area contributed by atoms with Gasteiger partial charge in [0.15, 0.2) is 0 Å². The van der Waals surface area contributed by atoms with Crippen molar-refractivity contribution in [2.75, 3.05) is 13.1 Å². The molecular formula is C16H26N2O. The van der Waals surface area contributed by atoms with Crippen LogP contribution in [0.15, 0.2) is 11.6 Å². The van der Waals surface area contributed by atoms with Gasteiger partial charge in [0.05, 0.1) is 6.04 Å². The number of hydrogen-bond acceptors (Lipinski definition) is 2. The summed E-state index contributed by atoms with van der Waals surface area (Å²) < 4.78 is 0. The van der Waals surface area contributed by atoms with E-state index in [2.05, 4.69) is 30.6 Å². The van der Waals surface area contributed by atoms with Crippen molar-refractivity contribution in [3.8, 4) is 0 Å². The smallest absolute Gasteiger partial charge is 0.237 e. The van der Waals surface area contributed by atoms with E-state index in [0.717, 1.165) is 44.2 Å². The molecule has 0 aromatic carbocycles. The lowest BCUT2D eigenvalue weighted by Gasteiger charge is -2.56. The van der Waals surface area contributed by atoms with Crippen LogP contribution in [0.2, 0.25) is 0 Å². The standard InChI is InChI=1S/C16H26N2O/c1-16(2)12-7-6-11(13(16)9-12)10-18-14-5-3-4-8-17-15(14)19/h6,12-14,18H,3-5,7-10H2,1-2H3,(H,17,19)/t12-,13-,14+/m0/s1. The molecule has 1 saturated carbocycles. The van der Waals surface area contributed by atoms with Crippen molar-refractivity contribution in [1.29, 1.82) is 0 Å². The minimum atomic E-state index is 0.0179. The number of carbonyl (C=O) groups is 1. The van der Waals surface area contributed by atoms with Crippen LogP contribution < -0.4 is 10.6 Å². The number of nitrogens with one attached hydrogen (secondary N) is 2. The molecule has 1 saturated heterocycles. The maximum atomic E-state index is 11.9. The van der Waals surface area contributed by atoms with Gasteiger partial charge in [-0.2, -0.15) is 0 Å². The third-order valence-corrected chi connectivity index (χ3v) is 5.67.